The number of carboxylic acid groups (broad SMARTS) is 1. The van der Waals surface area contributed by atoms with Gasteiger partial charge in [-0.3, -0.25) is 0 Å². The largest absolute Gasteiger partial charge is 0.495 e. The van der Waals surface area contributed by atoms with Gasteiger partial charge in [0, 0.05) is 36.4 Å². The van der Waals surface area contributed by atoms with Crippen molar-refractivity contribution >= 4 is 17.5 Å². The molecule has 1 aliphatic heterocycles. The summed E-state index contributed by atoms with van der Waals surface area (Å²) in [6.45, 7) is 7.46. The first-order valence-corrected chi connectivity index (χ1v) is 7.94. The number of hydrogen-bond donors (Lipinski definition) is 2. The van der Waals surface area contributed by atoms with E-state index in [9.17, 15) is 9.90 Å². The summed E-state index contributed by atoms with van der Waals surface area (Å²) >= 11 is 0. The molecule has 128 valence electrons. The Bertz CT molecular complexity index is 561. The molecule has 6 nitrogen and oxygen atoms in total. The number of rotatable bonds is 3. The van der Waals surface area contributed by atoms with Crippen LogP contribution < -0.4 is 15.4 Å². The van der Waals surface area contributed by atoms with Gasteiger partial charge in [-0.25, -0.2) is 4.79 Å². The number of hydrogen-bond acceptors (Lipinski definition) is 4. The van der Waals surface area contributed by atoms with Crippen LogP contribution in [0.1, 0.15) is 33.6 Å². The third-order valence-corrected chi connectivity index (χ3v) is 4.34. The summed E-state index contributed by atoms with van der Waals surface area (Å²) in [6.07, 6.45) is 0.789. The summed E-state index contributed by atoms with van der Waals surface area (Å²) in [5, 5.41) is 9.52. The lowest BCUT2D eigenvalue weighted by Crippen LogP contribution is -2.54. The predicted molar refractivity (Wildman–Crippen MR) is 92.3 cm³/mol. The van der Waals surface area contributed by atoms with Gasteiger partial charge in [0.15, 0.2) is 0 Å². The second-order valence-electron chi connectivity index (χ2n) is 6.97. The fraction of sp³-hybridized carbons (Fsp3) is 0.588. The summed E-state index contributed by atoms with van der Waals surface area (Å²) in [7, 11) is 1.61. The van der Waals surface area contributed by atoms with E-state index in [4.69, 9.17) is 10.5 Å². The van der Waals surface area contributed by atoms with E-state index in [0.29, 0.717) is 11.4 Å². The van der Waals surface area contributed by atoms with Gasteiger partial charge in [0.05, 0.1) is 12.8 Å². The van der Waals surface area contributed by atoms with Gasteiger partial charge in [-0.2, -0.15) is 0 Å². The molecular weight excluding hydrogens is 294 g/mol. The topological polar surface area (TPSA) is 79.0 Å². The molecule has 1 aliphatic rings. The average Bonchev–Trinajstić information content (AvgIpc) is 2.47. The van der Waals surface area contributed by atoms with E-state index in [0.717, 1.165) is 31.6 Å². The van der Waals surface area contributed by atoms with Crippen LogP contribution in [0.15, 0.2) is 18.2 Å². The van der Waals surface area contributed by atoms with Crippen LogP contribution in [0.5, 0.6) is 5.75 Å². The Morgan fingerprint density at radius 2 is 1.96 bits per heavy atom. The van der Waals surface area contributed by atoms with Crippen LogP contribution in [0.3, 0.4) is 0 Å². The maximum atomic E-state index is 11.6. The van der Waals surface area contributed by atoms with Gasteiger partial charge in [0.25, 0.3) is 0 Å². The number of amides is 1. The Morgan fingerprint density at radius 3 is 2.43 bits per heavy atom. The number of nitrogens with two attached hydrogens (primary N) is 1. The third-order valence-electron chi connectivity index (χ3n) is 4.34. The van der Waals surface area contributed by atoms with Gasteiger partial charge in [-0.05, 0) is 45.7 Å². The predicted octanol–water partition coefficient (Wildman–Crippen LogP) is 3.02. The Morgan fingerprint density at radius 1 is 1.35 bits per heavy atom. The molecule has 0 unspecified atom stereocenters. The smallest absolute Gasteiger partial charge is 0.407 e. The third kappa shape index (κ3) is 3.81. The lowest BCUT2D eigenvalue weighted by atomic mass is 9.96. The zero-order valence-electron chi connectivity index (χ0n) is 14.4. The standard InChI is InChI=1S/C17H27N3O3/c1-17(2,3)20(16(21)22)12-7-9-19(10-8-12)13-5-6-14(18)15(11-13)23-4/h5-6,11-12H,7-10,18H2,1-4H3,(H,21,22). The van der Waals surface area contributed by atoms with E-state index in [1.165, 1.54) is 0 Å². The number of piperidine rings is 1. The van der Waals surface area contributed by atoms with Crippen LogP contribution in [0.25, 0.3) is 0 Å². The molecule has 3 N–H and O–H groups in total. The number of nitrogens with zero attached hydrogens (tertiary/aromatic N) is 2. The highest BCUT2D eigenvalue weighted by atomic mass is 16.5. The van der Waals surface area contributed by atoms with Gasteiger partial charge in [-0.15, -0.1) is 0 Å². The SMILES string of the molecule is COc1cc(N2CCC(N(C(=O)O)C(C)(C)C)CC2)ccc1N. The first-order chi connectivity index (χ1) is 10.7. The minimum atomic E-state index is -0.842. The molecule has 0 saturated carbocycles. The lowest BCUT2D eigenvalue weighted by molar-refractivity contribution is 0.0616. The molecule has 23 heavy (non-hydrogen) atoms. The van der Waals surface area contributed by atoms with Crippen LogP contribution in [0.4, 0.5) is 16.2 Å². The summed E-state index contributed by atoms with van der Waals surface area (Å²) in [4.78, 5) is 15.4. The molecule has 0 radical (unpaired) electrons. The van der Waals surface area contributed by atoms with E-state index in [2.05, 4.69) is 4.90 Å². The first-order valence-electron chi connectivity index (χ1n) is 7.94. The first kappa shape index (κ1) is 17.2. The monoisotopic (exact) mass is 321 g/mol. The van der Waals surface area contributed by atoms with Gasteiger partial charge in [-0.1, -0.05) is 0 Å². The molecule has 0 bridgehead atoms. The molecule has 1 aromatic carbocycles. The molecule has 0 spiro atoms. The fourth-order valence-corrected chi connectivity index (χ4v) is 3.27. The zero-order chi connectivity index (χ0) is 17.2. The van der Waals surface area contributed by atoms with Crippen molar-refractivity contribution in [3.05, 3.63) is 18.2 Å². The summed E-state index contributed by atoms with van der Waals surface area (Å²) in [5.41, 5.74) is 7.15. The zero-order valence-corrected chi connectivity index (χ0v) is 14.4. The van der Waals surface area contributed by atoms with Gasteiger partial charge in [0.1, 0.15) is 5.75 Å². The van der Waals surface area contributed by atoms with E-state index in [-0.39, 0.29) is 11.6 Å². The molecule has 1 fully saturated rings. The minimum Gasteiger partial charge on any atom is -0.495 e. The Hall–Kier alpha value is -2.11. The van der Waals surface area contributed by atoms with Crippen molar-refractivity contribution < 1.29 is 14.6 Å². The molecule has 6 heteroatoms. The average molecular weight is 321 g/mol. The number of benzene rings is 1. The quantitative estimate of drug-likeness (QED) is 0.837. The van der Waals surface area contributed by atoms with E-state index in [1.54, 1.807) is 12.0 Å². The van der Waals surface area contributed by atoms with E-state index in [1.807, 2.05) is 39.0 Å². The molecule has 1 heterocycles. The van der Waals surface area contributed by atoms with E-state index < -0.39 is 6.09 Å². The van der Waals surface area contributed by atoms with Crippen molar-refractivity contribution in [2.45, 2.75) is 45.2 Å². The van der Waals surface area contributed by atoms with Crippen molar-refractivity contribution in [3.8, 4) is 5.75 Å². The molecule has 1 aromatic rings. The Labute approximate surface area is 137 Å². The molecule has 2 rings (SSSR count). The Balaban J connectivity index is 2.07. The van der Waals surface area contributed by atoms with Gasteiger partial charge in [0.2, 0.25) is 0 Å². The van der Waals surface area contributed by atoms with Gasteiger partial charge < -0.3 is 25.4 Å². The molecule has 0 aromatic heterocycles. The number of carbonyl (C=O) groups is 1. The fourth-order valence-electron chi connectivity index (χ4n) is 3.27. The second-order valence-corrected chi connectivity index (χ2v) is 6.97. The van der Waals surface area contributed by atoms with Crippen LogP contribution in [0, 0.1) is 0 Å². The summed E-state index contributed by atoms with van der Waals surface area (Å²) in [6, 6.07) is 5.82. The van der Waals surface area contributed by atoms with Gasteiger partial charge >= 0.3 is 6.09 Å². The lowest BCUT2D eigenvalue weighted by Gasteiger charge is -2.44. The van der Waals surface area contributed by atoms with Crippen LogP contribution in [-0.2, 0) is 0 Å². The molecule has 1 amide bonds. The van der Waals surface area contributed by atoms with Crippen LogP contribution in [-0.4, -0.2) is 47.9 Å². The van der Waals surface area contributed by atoms with E-state index >= 15 is 0 Å². The summed E-state index contributed by atoms with van der Waals surface area (Å²) in [5.74, 6) is 0.673. The maximum absolute atomic E-state index is 11.6. The normalized spacial score (nSPS) is 16.3. The highest BCUT2D eigenvalue weighted by molar-refractivity contribution is 5.67. The highest BCUT2D eigenvalue weighted by Crippen LogP contribution is 2.31. The maximum Gasteiger partial charge on any atom is 0.407 e. The molecular formula is C17H27N3O3. The highest BCUT2D eigenvalue weighted by Gasteiger charge is 2.35. The second kappa shape index (κ2) is 6.56. The number of nitrogen functional groups attached to an aromatic ring is 1. The molecule has 1 saturated heterocycles. The van der Waals surface area contributed by atoms with Crippen molar-refractivity contribution in [1.82, 2.24) is 4.90 Å². The minimum absolute atomic E-state index is 0.0550. The van der Waals surface area contributed by atoms with Crippen LogP contribution >= 0.6 is 0 Å². The van der Waals surface area contributed by atoms with Crippen molar-refractivity contribution in [3.63, 3.8) is 0 Å². The van der Waals surface area contributed by atoms with Crippen molar-refractivity contribution in [2.24, 2.45) is 0 Å². The number of methoxy groups -OCH3 is 1. The molecule has 0 atom stereocenters. The number of anilines is 2. The van der Waals surface area contributed by atoms with Crippen molar-refractivity contribution in [2.75, 3.05) is 30.8 Å². The number of ether oxygens (including phenoxy) is 1. The van der Waals surface area contributed by atoms with Crippen molar-refractivity contribution in [1.29, 1.82) is 0 Å². The summed E-state index contributed by atoms with van der Waals surface area (Å²) < 4.78 is 5.27. The van der Waals surface area contributed by atoms with Crippen LogP contribution in [0.2, 0.25) is 0 Å². The molecule has 0 aliphatic carbocycles. The Kier molecular flexibility index (Phi) is 4.92.